The minimum absolute atomic E-state index is 0.696. The minimum Gasteiger partial charge on any atom is -0.322 e. The van der Waals surface area contributed by atoms with Gasteiger partial charge in [-0.05, 0) is 61.7 Å². The number of anilines is 1. The quantitative estimate of drug-likeness (QED) is 0.842. The van der Waals surface area contributed by atoms with E-state index in [1.807, 2.05) is 30.4 Å². The summed E-state index contributed by atoms with van der Waals surface area (Å²) < 4.78 is 0. The molecule has 4 heterocycles. The molecule has 24 heavy (non-hydrogen) atoms. The van der Waals surface area contributed by atoms with Crippen molar-refractivity contribution in [2.45, 2.75) is 32.4 Å². The Morgan fingerprint density at radius 2 is 2.08 bits per heavy atom. The molecule has 2 aromatic rings. The molecule has 0 unspecified atom stereocenters. The third-order valence-electron chi connectivity index (χ3n) is 4.78. The van der Waals surface area contributed by atoms with Gasteiger partial charge in [0.1, 0.15) is 5.82 Å². The molecular formula is C19H22N4S. The summed E-state index contributed by atoms with van der Waals surface area (Å²) >= 11 is 1.85. The molecule has 0 aromatic carbocycles. The van der Waals surface area contributed by atoms with E-state index < -0.39 is 0 Å². The molecular weight excluding hydrogens is 316 g/mol. The summed E-state index contributed by atoms with van der Waals surface area (Å²) in [5.41, 5.74) is 2.57. The van der Waals surface area contributed by atoms with Crippen molar-refractivity contribution in [3.63, 3.8) is 0 Å². The van der Waals surface area contributed by atoms with Crippen LogP contribution in [0.4, 0.5) is 5.82 Å². The molecule has 0 aliphatic carbocycles. The minimum atomic E-state index is 0.696. The number of hydrogen-bond donors (Lipinski definition) is 0. The van der Waals surface area contributed by atoms with Crippen molar-refractivity contribution < 1.29 is 0 Å². The van der Waals surface area contributed by atoms with E-state index in [0.29, 0.717) is 6.04 Å². The van der Waals surface area contributed by atoms with E-state index in [0.717, 1.165) is 18.2 Å². The van der Waals surface area contributed by atoms with E-state index in [-0.39, 0.29) is 0 Å². The number of rotatable bonds is 4. The van der Waals surface area contributed by atoms with Crippen molar-refractivity contribution in [1.82, 2.24) is 14.9 Å². The van der Waals surface area contributed by atoms with Crippen LogP contribution in [0, 0.1) is 0 Å². The van der Waals surface area contributed by atoms with Crippen LogP contribution in [-0.4, -0.2) is 33.3 Å². The number of aromatic nitrogens is 2. The van der Waals surface area contributed by atoms with Crippen molar-refractivity contribution in [2.75, 3.05) is 17.3 Å². The summed E-state index contributed by atoms with van der Waals surface area (Å²) in [7, 11) is 0. The highest BCUT2D eigenvalue weighted by Crippen LogP contribution is 2.36. The van der Waals surface area contributed by atoms with Gasteiger partial charge in [-0.2, -0.15) is 0 Å². The first-order valence-corrected chi connectivity index (χ1v) is 9.49. The highest BCUT2D eigenvalue weighted by atomic mass is 32.2. The largest absolute Gasteiger partial charge is 0.322 e. The van der Waals surface area contributed by atoms with Crippen LogP contribution in [-0.2, 0) is 6.54 Å². The van der Waals surface area contributed by atoms with Crippen LogP contribution in [0.1, 0.15) is 30.9 Å². The summed E-state index contributed by atoms with van der Waals surface area (Å²) in [6.07, 6.45) is 10.5. The Morgan fingerprint density at radius 1 is 1.21 bits per heavy atom. The average molecular weight is 338 g/mol. The molecule has 2 aliphatic rings. The Morgan fingerprint density at radius 3 is 2.88 bits per heavy atom. The van der Waals surface area contributed by atoms with Gasteiger partial charge in [0.05, 0.1) is 5.88 Å². The van der Waals surface area contributed by atoms with E-state index in [1.54, 1.807) is 0 Å². The molecule has 1 fully saturated rings. The number of likely N-dealkylation sites (tertiary alicyclic amines) is 1. The first-order valence-electron chi connectivity index (χ1n) is 8.50. The molecule has 5 heteroatoms. The smallest absolute Gasteiger partial charge is 0.133 e. The lowest BCUT2D eigenvalue weighted by Crippen LogP contribution is -2.26. The van der Waals surface area contributed by atoms with E-state index in [2.05, 4.69) is 57.2 Å². The Labute approximate surface area is 147 Å². The molecule has 0 spiro atoms. The summed E-state index contributed by atoms with van der Waals surface area (Å²) in [6, 6.07) is 9.19. The molecule has 0 amide bonds. The topological polar surface area (TPSA) is 32.3 Å². The van der Waals surface area contributed by atoms with Gasteiger partial charge in [-0.3, -0.25) is 9.88 Å². The third-order valence-corrected chi connectivity index (χ3v) is 5.84. The molecule has 4 nitrogen and oxygen atoms in total. The summed E-state index contributed by atoms with van der Waals surface area (Å²) in [4.78, 5) is 14.7. The zero-order chi connectivity index (χ0) is 16.4. The molecule has 0 saturated carbocycles. The number of pyridine rings is 2. The van der Waals surface area contributed by atoms with Gasteiger partial charge in [0.2, 0.25) is 0 Å². The Bertz CT molecular complexity index is 731. The van der Waals surface area contributed by atoms with Gasteiger partial charge in [0, 0.05) is 42.3 Å². The van der Waals surface area contributed by atoms with Crippen LogP contribution >= 0.6 is 11.8 Å². The normalized spacial score (nSPS) is 21.3. The second-order valence-corrected chi connectivity index (χ2v) is 7.44. The second-order valence-electron chi connectivity index (χ2n) is 6.46. The molecule has 0 N–H and O–H groups in total. The summed E-state index contributed by atoms with van der Waals surface area (Å²) in [6.45, 7) is 4.57. The predicted octanol–water partition coefficient (Wildman–Crippen LogP) is 3.97. The molecule has 1 atom stereocenters. The van der Waals surface area contributed by atoms with Gasteiger partial charge in [0.15, 0.2) is 0 Å². The average Bonchev–Trinajstić information content (AvgIpc) is 3.26. The fourth-order valence-corrected chi connectivity index (χ4v) is 4.33. The second kappa shape index (κ2) is 6.95. The zero-order valence-electron chi connectivity index (χ0n) is 13.9. The van der Waals surface area contributed by atoms with Crippen molar-refractivity contribution in [2.24, 2.45) is 0 Å². The molecule has 124 valence electrons. The third kappa shape index (κ3) is 3.32. The van der Waals surface area contributed by atoms with Crippen LogP contribution in [0.15, 0.2) is 49.1 Å². The van der Waals surface area contributed by atoms with E-state index in [9.17, 15) is 0 Å². The molecule has 1 saturated heterocycles. The maximum atomic E-state index is 4.58. The SMILES string of the molecule is C[C@@H]1CCCN1Cc1ccnc(N2C=C(c3ccncc3)SC2)c1. The van der Waals surface area contributed by atoms with E-state index in [4.69, 9.17) is 0 Å². The Kier molecular flexibility index (Phi) is 4.54. The van der Waals surface area contributed by atoms with E-state index >= 15 is 0 Å². The van der Waals surface area contributed by atoms with Crippen LogP contribution in [0.3, 0.4) is 0 Å². The van der Waals surface area contributed by atoms with Crippen molar-refractivity contribution in [3.8, 4) is 0 Å². The van der Waals surface area contributed by atoms with Crippen molar-refractivity contribution in [1.29, 1.82) is 0 Å². The van der Waals surface area contributed by atoms with Gasteiger partial charge in [-0.15, -0.1) is 11.8 Å². The Balaban J connectivity index is 1.51. The standard InChI is InChI=1S/C19H22N4S/c1-15-3-2-10-22(15)12-16-4-9-21-19(11-16)23-13-18(24-14-23)17-5-7-20-8-6-17/h4-9,11,13,15H,2-3,10,12,14H2,1H3/t15-/m1/s1. The lowest BCUT2D eigenvalue weighted by atomic mass is 10.2. The highest BCUT2D eigenvalue weighted by molar-refractivity contribution is 8.08. The van der Waals surface area contributed by atoms with Gasteiger partial charge < -0.3 is 4.90 Å². The number of thioether (sulfide) groups is 1. The first-order chi connectivity index (χ1) is 11.8. The first kappa shape index (κ1) is 15.7. The predicted molar refractivity (Wildman–Crippen MR) is 100 cm³/mol. The molecule has 2 aromatic heterocycles. The fraction of sp³-hybridized carbons (Fsp3) is 0.368. The number of nitrogens with zero attached hydrogens (tertiary/aromatic N) is 4. The van der Waals surface area contributed by atoms with Crippen molar-refractivity contribution >= 4 is 22.5 Å². The zero-order valence-corrected chi connectivity index (χ0v) is 14.7. The van der Waals surface area contributed by atoms with Gasteiger partial charge in [-0.25, -0.2) is 4.98 Å². The Hall–Kier alpha value is -1.85. The monoisotopic (exact) mass is 338 g/mol. The van der Waals surface area contributed by atoms with Gasteiger partial charge in [0.25, 0.3) is 0 Å². The number of hydrogen-bond acceptors (Lipinski definition) is 5. The van der Waals surface area contributed by atoms with Crippen LogP contribution in [0.5, 0.6) is 0 Å². The van der Waals surface area contributed by atoms with Crippen LogP contribution < -0.4 is 4.90 Å². The van der Waals surface area contributed by atoms with Crippen LogP contribution in [0.2, 0.25) is 0 Å². The molecule has 0 bridgehead atoms. The lowest BCUT2D eigenvalue weighted by Gasteiger charge is -2.21. The van der Waals surface area contributed by atoms with Crippen LogP contribution in [0.25, 0.3) is 4.91 Å². The van der Waals surface area contributed by atoms with Gasteiger partial charge >= 0.3 is 0 Å². The summed E-state index contributed by atoms with van der Waals surface area (Å²) in [5.74, 6) is 1.95. The molecule has 4 rings (SSSR count). The molecule has 2 aliphatic heterocycles. The van der Waals surface area contributed by atoms with Gasteiger partial charge in [-0.1, -0.05) is 0 Å². The fourth-order valence-electron chi connectivity index (χ4n) is 3.34. The van der Waals surface area contributed by atoms with Crippen molar-refractivity contribution in [3.05, 3.63) is 60.2 Å². The highest BCUT2D eigenvalue weighted by Gasteiger charge is 2.21. The maximum absolute atomic E-state index is 4.58. The van der Waals surface area contributed by atoms with E-state index in [1.165, 1.54) is 35.4 Å². The molecule has 0 radical (unpaired) electrons. The maximum Gasteiger partial charge on any atom is 0.133 e. The summed E-state index contributed by atoms with van der Waals surface area (Å²) in [5, 5.41) is 0. The lowest BCUT2D eigenvalue weighted by molar-refractivity contribution is 0.260.